The largest absolute Gasteiger partial charge is 0.355 e. The van der Waals surface area contributed by atoms with E-state index in [1.807, 2.05) is 11.8 Å². The van der Waals surface area contributed by atoms with Crippen LogP contribution in [0.3, 0.4) is 0 Å². The molecule has 1 saturated heterocycles. The van der Waals surface area contributed by atoms with E-state index in [1.165, 1.54) is 12.2 Å². The van der Waals surface area contributed by atoms with Gasteiger partial charge in [-0.1, -0.05) is 0 Å². The van der Waals surface area contributed by atoms with Crippen molar-refractivity contribution in [1.29, 1.82) is 0 Å². The minimum Gasteiger partial charge on any atom is -0.355 e. The van der Waals surface area contributed by atoms with Crippen LogP contribution in [0.1, 0.15) is 12.8 Å². The molecule has 0 bridgehead atoms. The van der Waals surface area contributed by atoms with E-state index in [2.05, 4.69) is 16.9 Å². The van der Waals surface area contributed by atoms with Crippen LogP contribution < -0.4 is 10.6 Å². The fourth-order valence-corrected chi connectivity index (χ4v) is 2.70. The molecule has 1 fully saturated rings. The van der Waals surface area contributed by atoms with Gasteiger partial charge in [0.1, 0.15) is 0 Å². The molecule has 1 aliphatic rings. The molecule has 2 N–H and O–H groups in total. The van der Waals surface area contributed by atoms with Crippen molar-refractivity contribution in [2.45, 2.75) is 18.9 Å². The van der Waals surface area contributed by atoms with Crippen molar-refractivity contribution in [1.82, 2.24) is 10.6 Å². The number of rotatable bonds is 6. The SMILES string of the molecule is CSCCCCNC(=O)C1CSCN1. The normalized spacial score (nSPS) is 21.1. The lowest BCUT2D eigenvalue weighted by atomic mass is 10.3. The first kappa shape index (κ1) is 12.2. The summed E-state index contributed by atoms with van der Waals surface area (Å²) in [6, 6.07) is 0.0422. The molecule has 1 amide bonds. The second kappa shape index (κ2) is 7.43. The Morgan fingerprint density at radius 2 is 2.50 bits per heavy atom. The summed E-state index contributed by atoms with van der Waals surface area (Å²) in [4.78, 5) is 11.5. The molecular weight excluding hydrogens is 216 g/mol. The van der Waals surface area contributed by atoms with E-state index in [-0.39, 0.29) is 11.9 Å². The second-order valence-corrected chi connectivity index (χ2v) is 5.28. The Kier molecular flexibility index (Phi) is 6.47. The average molecular weight is 234 g/mol. The highest BCUT2D eigenvalue weighted by molar-refractivity contribution is 7.99. The number of nitrogens with one attached hydrogen (secondary N) is 2. The Balaban J connectivity index is 1.97. The van der Waals surface area contributed by atoms with Crippen molar-refractivity contribution in [2.75, 3.05) is 30.2 Å². The number of hydrogen-bond acceptors (Lipinski definition) is 4. The lowest BCUT2D eigenvalue weighted by Crippen LogP contribution is -2.42. The molecule has 0 radical (unpaired) electrons. The highest BCUT2D eigenvalue weighted by Gasteiger charge is 2.21. The Labute approximate surface area is 94.2 Å². The number of hydrogen-bond donors (Lipinski definition) is 2. The highest BCUT2D eigenvalue weighted by atomic mass is 32.2. The molecule has 0 saturated carbocycles. The monoisotopic (exact) mass is 234 g/mol. The van der Waals surface area contributed by atoms with Crippen LogP contribution in [0.2, 0.25) is 0 Å². The summed E-state index contributed by atoms with van der Waals surface area (Å²) in [6.45, 7) is 0.822. The zero-order chi connectivity index (χ0) is 10.2. The smallest absolute Gasteiger partial charge is 0.238 e. The van der Waals surface area contributed by atoms with Gasteiger partial charge in [0, 0.05) is 18.2 Å². The lowest BCUT2D eigenvalue weighted by molar-refractivity contribution is -0.122. The minimum atomic E-state index is 0.0422. The van der Waals surface area contributed by atoms with E-state index in [9.17, 15) is 4.79 Å². The van der Waals surface area contributed by atoms with Crippen molar-refractivity contribution >= 4 is 29.4 Å². The molecule has 1 unspecified atom stereocenters. The number of carbonyl (C=O) groups is 1. The summed E-state index contributed by atoms with van der Waals surface area (Å²) in [5.74, 6) is 3.17. The molecule has 1 heterocycles. The van der Waals surface area contributed by atoms with Crippen LogP contribution in [-0.4, -0.2) is 42.1 Å². The van der Waals surface area contributed by atoms with Crippen molar-refractivity contribution in [3.63, 3.8) is 0 Å². The third kappa shape index (κ3) is 4.57. The zero-order valence-electron chi connectivity index (χ0n) is 8.54. The first-order chi connectivity index (χ1) is 6.84. The summed E-state index contributed by atoms with van der Waals surface area (Å²) in [6.07, 6.45) is 4.39. The third-order valence-corrected chi connectivity index (χ3v) is 3.74. The summed E-state index contributed by atoms with van der Waals surface area (Å²) in [7, 11) is 0. The maximum absolute atomic E-state index is 11.5. The van der Waals surface area contributed by atoms with Crippen LogP contribution in [-0.2, 0) is 4.79 Å². The van der Waals surface area contributed by atoms with Crippen LogP contribution in [0.25, 0.3) is 0 Å². The van der Waals surface area contributed by atoms with E-state index >= 15 is 0 Å². The van der Waals surface area contributed by atoms with E-state index < -0.39 is 0 Å². The van der Waals surface area contributed by atoms with Crippen LogP contribution in [0.4, 0.5) is 0 Å². The maximum Gasteiger partial charge on any atom is 0.238 e. The van der Waals surface area contributed by atoms with Crippen LogP contribution in [0.5, 0.6) is 0 Å². The average Bonchev–Trinajstić information content (AvgIpc) is 2.70. The molecular formula is C9H18N2OS2. The van der Waals surface area contributed by atoms with Crippen molar-refractivity contribution in [3.05, 3.63) is 0 Å². The summed E-state index contributed by atoms with van der Waals surface area (Å²) in [5.41, 5.74) is 0. The number of amides is 1. The van der Waals surface area contributed by atoms with Gasteiger partial charge in [0.25, 0.3) is 0 Å². The number of carbonyl (C=O) groups excluding carboxylic acids is 1. The van der Waals surface area contributed by atoms with Gasteiger partial charge in [-0.2, -0.15) is 11.8 Å². The van der Waals surface area contributed by atoms with Gasteiger partial charge < -0.3 is 5.32 Å². The van der Waals surface area contributed by atoms with E-state index in [0.29, 0.717) is 0 Å². The third-order valence-electron chi connectivity index (χ3n) is 2.11. The van der Waals surface area contributed by atoms with Gasteiger partial charge in [-0.3, -0.25) is 10.1 Å². The highest BCUT2D eigenvalue weighted by Crippen LogP contribution is 2.09. The molecule has 14 heavy (non-hydrogen) atoms. The summed E-state index contributed by atoms with van der Waals surface area (Å²) >= 11 is 3.64. The molecule has 5 heteroatoms. The summed E-state index contributed by atoms with van der Waals surface area (Å²) in [5, 5.41) is 6.11. The van der Waals surface area contributed by atoms with Crippen LogP contribution >= 0.6 is 23.5 Å². The summed E-state index contributed by atoms with van der Waals surface area (Å²) < 4.78 is 0. The number of unbranched alkanes of at least 4 members (excludes halogenated alkanes) is 1. The Hall–Kier alpha value is 0.130. The van der Waals surface area contributed by atoms with E-state index in [1.54, 1.807) is 11.8 Å². The van der Waals surface area contributed by atoms with Gasteiger partial charge in [-0.25, -0.2) is 0 Å². The van der Waals surface area contributed by atoms with Gasteiger partial charge >= 0.3 is 0 Å². The minimum absolute atomic E-state index is 0.0422. The van der Waals surface area contributed by atoms with Crippen molar-refractivity contribution < 1.29 is 4.79 Å². The van der Waals surface area contributed by atoms with E-state index in [4.69, 9.17) is 0 Å². The standard InChI is InChI=1S/C9H18N2OS2/c1-13-5-3-2-4-10-9(12)8-6-14-7-11-8/h8,11H,2-7H2,1H3,(H,10,12). The maximum atomic E-state index is 11.5. The first-order valence-electron chi connectivity index (χ1n) is 4.92. The molecule has 1 rings (SSSR count). The lowest BCUT2D eigenvalue weighted by Gasteiger charge is -2.09. The second-order valence-electron chi connectivity index (χ2n) is 3.26. The molecule has 1 aliphatic heterocycles. The predicted octanol–water partition coefficient (Wildman–Crippen LogP) is 0.908. The Bertz CT molecular complexity index is 172. The Morgan fingerprint density at radius 3 is 3.14 bits per heavy atom. The van der Waals surface area contributed by atoms with E-state index in [0.717, 1.165) is 24.6 Å². The molecule has 0 spiro atoms. The molecule has 0 aromatic rings. The topological polar surface area (TPSA) is 41.1 Å². The molecule has 0 aromatic heterocycles. The van der Waals surface area contributed by atoms with Crippen LogP contribution in [0, 0.1) is 0 Å². The fourth-order valence-electron chi connectivity index (χ4n) is 1.27. The van der Waals surface area contributed by atoms with Gasteiger partial charge in [0.2, 0.25) is 5.91 Å². The number of thioether (sulfide) groups is 2. The first-order valence-corrected chi connectivity index (χ1v) is 7.47. The fraction of sp³-hybridized carbons (Fsp3) is 0.889. The van der Waals surface area contributed by atoms with Crippen LogP contribution in [0.15, 0.2) is 0 Å². The molecule has 0 aliphatic carbocycles. The van der Waals surface area contributed by atoms with Gasteiger partial charge in [0.15, 0.2) is 0 Å². The van der Waals surface area contributed by atoms with Gasteiger partial charge in [0.05, 0.1) is 6.04 Å². The Morgan fingerprint density at radius 1 is 1.64 bits per heavy atom. The molecule has 82 valence electrons. The zero-order valence-corrected chi connectivity index (χ0v) is 10.2. The molecule has 0 aromatic carbocycles. The predicted molar refractivity (Wildman–Crippen MR) is 64.9 cm³/mol. The molecule has 3 nitrogen and oxygen atoms in total. The van der Waals surface area contributed by atoms with Gasteiger partial charge in [-0.05, 0) is 24.9 Å². The van der Waals surface area contributed by atoms with Crippen molar-refractivity contribution in [2.24, 2.45) is 0 Å². The molecule has 1 atom stereocenters. The van der Waals surface area contributed by atoms with Crippen molar-refractivity contribution in [3.8, 4) is 0 Å². The quantitative estimate of drug-likeness (QED) is 0.670. The van der Waals surface area contributed by atoms with Gasteiger partial charge in [-0.15, -0.1) is 11.8 Å².